The van der Waals surface area contributed by atoms with E-state index >= 15 is 0 Å². The summed E-state index contributed by atoms with van der Waals surface area (Å²) in [5.41, 5.74) is 1.60. The highest BCUT2D eigenvalue weighted by atomic mass is 35.5. The molecule has 2 aromatic rings. The third kappa shape index (κ3) is 3.71. The van der Waals surface area contributed by atoms with Crippen molar-refractivity contribution in [1.82, 2.24) is 4.98 Å². The maximum absolute atomic E-state index is 11.0. The van der Waals surface area contributed by atoms with Gasteiger partial charge in [-0.05, 0) is 18.6 Å². The first-order valence-electron chi connectivity index (χ1n) is 6.31. The molecular weight excluding hydrogens is 296 g/mol. The third-order valence-corrected chi connectivity index (χ3v) is 3.92. The first-order chi connectivity index (χ1) is 9.60. The summed E-state index contributed by atoms with van der Waals surface area (Å²) >= 11 is 7.26. The molecule has 0 aliphatic rings. The average Bonchev–Trinajstić information content (AvgIpc) is 2.79. The van der Waals surface area contributed by atoms with Gasteiger partial charge in [-0.15, -0.1) is 11.3 Å². The van der Waals surface area contributed by atoms with Gasteiger partial charge < -0.3 is 10.4 Å². The Balaban J connectivity index is 2.35. The van der Waals surface area contributed by atoms with Crippen molar-refractivity contribution in [1.29, 1.82) is 0 Å². The van der Waals surface area contributed by atoms with Gasteiger partial charge in [-0.2, -0.15) is 0 Å². The summed E-state index contributed by atoms with van der Waals surface area (Å²) in [5.74, 6) is -0.856. The number of aliphatic carboxylic acids is 1. The van der Waals surface area contributed by atoms with E-state index in [1.165, 1.54) is 11.3 Å². The van der Waals surface area contributed by atoms with E-state index < -0.39 is 5.97 Å². The minimum absolute atomic E-state index is 0.0244. The lowest BCUT2D eigenvalue weighted by molar-refractivity contribution is -0.136. The molecule has 1 heterocycles. The number of hydrogen-bond donors (Lipinski definition) is 2. The Kier molecular flexibility index (Phi) is 4.98. The Hall–Kier alpha value is -1.59. The normalized spacial score (nSPS) is 10.5. The lowest BCUT2D eigenvalue weighted by Gasteiger charge is -2.00. The molecule has 0 aliphatic carbocycles. The first-order valence-corrected chi connectivity index (χ1v) is 7.51. The Morgan fingerprint density at radius 1 is 1.40 bits per heavy atom. The molecule has 0 atom stereocenters. The fourth-order valence-corrected chi connectivity index (χ4v) is 2.88. The van der Waals surface area contributed by atoms with Crippen molar-refractivity contribution >= 4 is 34.0 Å². The summed E-state index contributed by atoms with van der Waals surface area (Å²) in [6.07, 6.45) is 0.966. The van der Waals surface area contributed by atoms with Gasteiger partial charge >= 0.3 is 5.97 Å². The van der Waals surface area contributed by atoms with E-state index in [1.54, 1.807) is 12.1 Å². The summed E-state index contributed by atoms with van der Waals surface area (Å²) in [4.78, 5) is 16.2. The van der Waals surface area contributed by atoms with Crippen molar-refractivity contribution in [3.8, 4) is 11.3 Å². The van der Waals surface area contributed by atoms with Crippen LogP contribution in [0.5, 0.6) is 0 Å². The molecule has 0 fully saturated rings. The number of halogens is 1. The second kappa shape index (κ2) is 6.72. The smallest absolute Gasteiger partial charge is 0.308 e. The Bertz CT molecular complexity index is 596. The van der Waals surface area contributed by atoms with Crippen LogP contribution in [0.1, 0.15) is 18.2 Å². The molecular formula is C14H15ClN2O2S. The number of nitrogens with zero attached hydrogens (tertiary/aromatic N) is 1. The highest BCUT2D eigenvalue weighted by Gasteiger charge is 2.15. The molecule has 106 valence electrons. The summed E-state index contributed by atoms with van der Waals surface area (Å²) in [6.45, 7) is 2.89. The van der Waals surface area contributed by atoms with Crippen LogP contribution in [-0.4, -0.2) is 22.6 Å². The van der Waals surface area contributed by atoms with Crippen molar-refractivity contribution in [2.75, 3.05) is 11.9 Å². The van der Waals surface area contributed by atoms with Crippen molar-refractivity contribution in [2.24, 2.45) is 0 Å². The minimum Gasteiger partial charge on any atom is -0.481 e. The molecule has 20 heavy (non-hydrogen) atoms. The zero-order valence-electron chi connectivity index (χ0n) is 11.0. The van der Waals surface area contributed by atoms with Gasteiger partial charge in [0, 0.05) is 22.0 Å². The fraction of sp³-hybridized carbons (Fsp3) is 0.286. The van der Waals surface area contributed by atoms with E-state index in [2.05, 4.69) is 17.2 Å². The van der Waals surface area contributed by atoms with E-state index in [9.17, 15) is 4.79 Å². The van der Waals surface area contributed by atoms with Gasteiger partial charge in [-0.1, -0.05) is 30.7 Å². The number of anilines is 1. The number of carboxylic acids is 1. The molecule has 6 heteroatoms. The quantitative estimate of drug-likeness (QED) is 0.849. The molecule has 0 spiro atoms. The Morgan fingerprint density at radius 2 is 2.10 bits per heavy atom. The van der Waals surface area contributed by atoms with Gasteiger partial charge in [0.25, 0.3) is 0 Å². The zero-order chi connectivity index (χ0) is 14.5. The number of aromatic nitrogens is 1. The molecule has 0 aliphatic heterocycles. The molecule has 1 aromatic heterocycles. The second-order valence-corrected chi connectivity index (χ2v) is 5.82. The summed E-state index contributed by atoms with van der Waals surface area (Å²) in [5, 5.41) is 13.6. The maximum atomic E-state index is 11.0. The molecule has 2 N–H and O–H groups in total. The van der Waals surface area contributed by atoms with Crippen LogP contribution in [0.15, 0.2) is 24.3 Å². The van der Waals surface area contributed by atoms with Crippen molar-refractivity contribution in [3.05, 3.63) is 34.2 Å². The molecule has 2 rings (SSSR count). The molecule has 0 saturated heterocycles. The SMILES string of the molecule is CCCNc1nc(-c2ccc(Cl)cc2)c(CC(=O)O)s1. The second-order valence-electron chi connectivity index (χ2n) is 4.29. The van der Waals surface area contributed by atoms with E-state index in [-0.39, 0.29) is 6.42 Å². The number of hydrogen-bond acceptors (Lipinski definition) is 4. The largest absolute Gasteiger partial charge is 0.481 e. The first kappa shape index (κ1) is 14.8. The monoisotopic (exact) mass is 310 g/mol. The molecule has 0 unspecified atom stereocenters. The number of rotatable bonds is 6. The standard InChI is InChI=1S/C14H15ClN2O2S/c1-2-7-16-14-17-13(11(20-14)8-12(18)19)9-3-5-10(15)6-4-9/h3-6H,2,7-8H2,1H3,(H,16,17)(H,18,19). The topological polar surface area (TPSA) is 62.2 Å². The van der Waals surface area contributed by atoms with Crippen molar-refractivity contribution in [3.63, 3.8) is 0 Å². The molecule has 0 saturated carbocycles. The van der Waals surface area contributed by atoms with Crippen LogP contribution in [0, 0.1) is 0 Å². The van der Waals surface area contributed by atoms with Gasteiger partial charge in [0.15, 0.2) is 5.13 Å². The highest BCUT2D eigenvalue weighted by Crippen LogP contribution is 2.32. The predicted molar refractivity (Wildman–Crippen MR) is 82.7 cm³/mol. The summed E-state index contributed by atoms with van der Waals surface area (Å²) in [6, 6.07) is 7.26. The van der Waals surface area contributed by atoms with Crippen LogP contribution in [0.3, 0.4) is 0 Å². The van der Waals surface area contributed by atoms with Gasteiger partial charge in [0.05, 0.1) is 12.1 Å². The van der Waals surface area contributed by atoms with Gasteiger partial charge in [-0.25, -0.2) is 4.98 Å². The van der Waals surface area contributed by atoms with Crippen LogP contribution in [0.2, 0.25) is 5.02 Å². The van der Waals surface area contributed by atoms with E-state index in [4.69, 9.17) is 16.7 Å². The minimum atomic E-state index is -0.856. The van der Waals surface area contributed by atoms with E-state index in [1.807, 2.05) is 12.1 Å². The molecule has 0 bridgehead atoms. The maximum Gasteiger partial charge on any atom is 0.308 e. The van der Waals surface area contributed by atoms with Crippen LogP contribution in [0.25, 0.3) is 11.3 Å². The molecule has 4 nitrogen and oxygen atoms in total. The summed E-state index contributed by atoms with van der Waals surface area (Å²) in [7, 11) is 0. The van der Waals surface area contributed by atoms with E-state index in [0.29, 0.717) is 10.7 Å². The third-order valence-electron chi connectivity index (χ3n) is 2.65. The molecule has 0 radical (unpaired) electrons. The van der Waals surface area contributed by atoms with Crippen molar-refractivity contribution in [2.45, 2.75) is 19.8 Å². The van der Waals surface area contributed by atoms with Gasteiger partial charge in [0.1, 0.15) is 0 Å². The van der Waals surface area contributed by atoms with E-state index in [0.717, 1.165) is 28.5 Å². The van der Waals surface area contributed by atoms with Crippen LogP contribution in [-0.2, 0) is 11.2 Å². The van der Waals surface area contributed by atoms with Crippen LogP contribution in [0.4, 0.5) is 5.13 Å². The number of thiazole rings is 1. The van der Waals surface area contributed by atoms with Crippen LogP contribution >= 0.6 is 22.9 Å². The molecule has 1 aromatic carbocycles. The number of benzene rings is 1. The zero-order valence-corrected chi connectivity index (χ0v) is 12.6. The Labute approximate surface area is 126 Å². The lowest BCUT2D eigenvalue weighted by atomic mass is 10.1. The lowest BCUT2D eigenvalue weighted by Crippen LogP contribution is -1.99. The van der Waals surface area contributed by atoms with Gasteiger partial charge in [0.2, 0.25) is 0 Å². The number of nitrogens with one attached hydrogen (secondary N) is 1. The fourth-order valence-electron chi connectivity index (χ4n) is 1.75. The van der Waals surface area contributed by atoms with Crippen LogP contribution < -0.4 is 5.32 Å². The van der Waals surface area contributed by atoms with Crippen molar-refractivity contribution < 1.29 is 9.90 Å². The predicted octanol–water partition coefficient (Wildman–Crippen LogP) is 3.91. The summed E-state index contributed by atoms with van der Waals surface area (Å²) < 4.78 is 0. The average molecular weight is 311 g/mol. The Morgan fingerprint density at radius 3 is 2.70 bits per heavy atom. The highest BCUT2D eigenvalue weighted by molar-refractivity contribution is 7.16. The number of carbonyl (C=O) groups is 1. The van der Waals surface area contributed by atoms with Gasteiger partial charge in [-0.3, -0.25) is 4.79 Å². The number of carboxylic acid groups (broad SMARTS) is 1. The molecule has 0 amide bonds.